The topological polar surface area (TPSA) is 97.4 Å². The Labute approximate surface area is 147 Å². The zero-order valence-electron chi connectivity index (χ0n) is 12.1. The van der Waals surface area contributed by atoms with Crippen LogP contribution in [-0.2, 0) is 14.3 Å². The number of pyridine rings is 1. The quantitative estimate of drug-likeness (QED) is 0.701. The van der Waals surface area contributed by atoms with Crippen LogP contribution in [0.2, 0.25) is 15.1 Å². The van der Waals surface area contributed by atoms with E-state index in [-0.39, 0.29) is 33.2 Å². The van der Waals surface area contributed by atoms with E-state index in [4.69, 9.17) is 39.5 Å². The first-order valence-electron chi connectivity index (χ1n) is 6.56. The monoisotopic (exact) mass is 381 g/mol. The summed E-state index contributed by atoms with van der Waals surface area (Å²) in [5.41, 5.74) is -0.255. The lowest BCUT2D eigenvalue weighted by molar-refractivity contribution is -0.127. The minimum atomic E-state index is -0.931. The molecule has 1 heterocycles. The average Bonchev–Trinajstić information content (AvgIpc) is 2.53. The maximum atomic E-state index is 11.8. The first kappa shape index (κ1) is 19.5. The minimum absolute atomic E-state index is 0.0349. The normalized spacial score (nSPS) is 10.1. The second-order valence-corrected chi connectivity index (χ2v) is 5.45. The fourth-order valence-corrected chi connectivity index (χ4v) is 1.90. The van der Waals surface area contributed by atoms with Gasteiger partial charge in [-0.3, -0.25) is 9.59 Å². The zero-order chi connectivity index (χ0) is 17.4. The van der Waals surface area contributed by atoms with Crippen molar-refractivity contribution < 1.29 is 19.1 Å². The number of aromatic nitrogens is 1. The summed E-state index contributed by atoms with van der Waals surface area (Å²) in [6, 6.07) is 0. The number of halogens is 3. The fraction of sp³-hybridized carbons (Fsp3) is 0.385. The molecule has 0 saturated heterocycles. The van der Waals surface area contributed by atoms with Crippen LogP contribution in [0.5, 0.6) is 0 Å². The van der Waals surface area contributed by atoms with E-state index in [1.54, 1.807) is 0 Å². The van der Waals surface area contributed by atoms with Gasteiger partial charge in [-0.25, -0.2) is 9.78 Å². The highest BCUT2D eigenvalue weighted by atomic mass is 35.5. The van der Waals surface area contributed by atoms with Gasteiger partial charge in [0.15, 0.2) is 12.3 Å². The van der Waals surface area contributed by atoms with Gasteiger partial charge in [-0.15, -0.1) is 0 Å². The van der Waals surface area contributed by atoms with Crippen molar-refractivity contribution in [1.82, 2.24) is 15.6 Å². The second-order valence-electron chi connectivity index (χ2n) is 4.29. The SMILES string of the molecule is CCCNC(=O)CNC(=O)COC(=O)c1ncc(Cl)c(Cl)c1Cl. The molecule has 2 N–H and O–H groups in total. The molecular weight excluding hydrogens is 369 g/mol. The Hall–Kier alpha value is -1.57. The minimum Gasteiger partial charge on any atom is -0.451 e. The van der Waals surface area contributed by atoms with Gasteiger partial charge in [0.05, 0.1) is 21.6 Å². The maximum absolute atomic E-state index is 11.8. The lowest BCUT2D eigenvalue weighted by atomic mass is 10.3. The molecule has 0 unspecified atom stereocenters. The van der Waals surface area contributed by atoms with Crippen LogP contribution in [0.3, 0.4) is 0 Å². The Bertz CT molecular complexity index is 610. The fourth-order valence-electron chi connectivity index (χ4n) is 1.34. The largest absolute Gasteiger partial charge is 0.451 e. The number of carbonyl (C=O) groups excluding carboxylic acids is 3. The summed E-state index contributed by atoms with van der Waals surface area (Å²) >= 11 is 17.3. The first-order chi connectivity index (χ1) is 10.9. The smallest absolute Gasteiger partial charge is 0.359 e. The summed E-state index contributed by atoms with van der Waals surface area (Å²) in [6.45, 7) is 1.63. The van der Waals surface area contributed by atoms with E-state index < -0.39 is 18.5 Å². The zero-order valence-corrected chi connectivity index (χ0v) is 14.4. The van der Waals surface area contributed by atoms with Crippen molar-refractivity contribution in [1.29, 1.82) is 0 Å². The Balaban J connectivity index is 2.46. The summed E-state index contributed by atoms with van der Waals surface area (Å²) in [6.07, 6.45) is 1.93. The van der Waals surface area contributed by atoms with Gasteiger partial charge >= 0.3 is 5.97 Å². The molecule has 0 aromatic carbocycles. The maximum Gasteiger partial charge on any atom is 0.359 e. The van der Waals surface area contributed by atoms with Crippen molar-refractivity contribution in [2.24, 2.45) is 0 Å². The van der Waals surface area contributed by atoms with E-state index >= 15 is 0 Å². The number of hydrogen-bond acceptors (Lipinski definition) is 5. The molecule has 126 valence electrons. The molecule has 10 heteroatoms. The molecule has 0 fully saturated rings. The molecule has 0 aliphatic carbocycles. The third kappa shape index (κ3) is 6.21. The molecule has 0 spiro atoms. The van der Waals surface area contributed by atoms with Gasteiger partial charge in [0.2, 0.25) is 5.91 Å². The molecule has 0 saturated carbocycles. The molecule has 2 amide bonds. The molecule has 1 rings (SSSR count). The van der Waals surface area contributed by atoms with Gasteiger partial charge in [-0.05, 0) is 6.42 Å². The number of nitrogens with zero attached hydrogens (tertiary/aromatic N) is 1. The van der Waals surface area contributed by atoms with Crippen LogP contribution < -0.4 is 10.6 Å². The van der Waals surface area contributed by atoms with Gasteiger partial charge in [-0.1, -0.05) is 41.7 Å². The molecule has 0 aliphatic rings. The van der Waals surface area contributed by atoms with Crippen molar-refractivity contribution in [3.8, 4) is 0 Å². The Morgan fingerprint density at radius 1 is 1.13 bits per heavy atom. The lowest BCUT2D eigenvalue weighted by Gasteiger charge is -2.08. The molecule has 0 atom stereocenters. The van der Waals surface area contributed by atoms with E-state index in [1.165, 1.54) is 0 Å². The van der Waals surface area contributed by atoms with E-state index in [1.807, 2.05) is 6.92 Å². The van der Waals surface area contributed by atoms with Crippen molar-refractivity contribution in [3.63, 3.8) is 0 Å². The van der Waals surface area contributed by atoms with E-state index in [9.17, 15) is 14.4 Å². The molecular formula is C13H14Cl3N3O4. The average molecular weight is 383 g/mol. The summed E-state index contributed by atoms with van der Waals surface area (Å²) in [4.78, 5) is 38.3. The van der Waals surface area contributed by atoms with E-state index in [2.05, 4.69) is 15.6 Å². The van der Waals surface area contributed by atoms with E-state index in [0.29, 0.717) is 6.54 Å². The van der Waals surface area contributed by atoms with Crippen LogP contribution in [-0.4, -0.2) is 42.5 Å². The van der Waals surface area contributed by atoms with Gasteiger partial charge in [0.1, 0.15) is 0 Å². The van der Waals surface area contributed by atoms with Crippen molar-refractivity contribution >= 4 is 52.6 Å². The predicted octanol–water partition coefficient (Wildman–Crippen LogP) is 1.84. The predicted molar refractivity (Wildman–Crippen MR) is 85.9 cm³/mol. The van der Waals surface area contributed by atoms with Crippen LogP contribution in [0.1, 0.15) is 23.8 Å². The highest BCUT2D eigenvalue weighted by molar-refractivity contribution is 6.48. The molecule has 23 heavy (non-hydrogen) atoms. The first-order valence-corrected chi connectivity index (χ1v) is 7.70. The van der Waals surface area contributed by atoms with Gasteiger partial charge in [0.25, 0.3) is 5.91 Å². The van der Waals surface area contributed by atoms with E-state index in [0.717, 1.165) is 12.6 Å². The van der Waals surface area contributed by atoms with Gasteiger partial charge in [-0.2, -0.15) is 0 Å². The van der Waals surface area contributed by atoms with Crippen LogP contribution in [0, 0.1) is 0 Å². The summed E-state index contributed by atoms with van der Waals surface area (Å²) in [7, 11) is 0. The number of nitrogens with one attached hydrogen (secondary N) is 2. The van der Waals surface area contributed by atoms with Crippen LogP contribution in [0.15, 0.2) is 6.20 Å². The molecule has 0 aliphatic heterocycles. The second kappa shape index (κ2) is 9.54. The number of carbonyl (C=O) groups is 3. The third-order valence-corrected chi connectivity index (χ3v) is 3.70. The Kier molecular flexibility index (Phi) is 8.08. The van der Waals surface area contributed by atoms with Crippen molar-refractivity contribution in [2.45, 2.75) is 13.3 Å². The standard InChI is InChI=1S/C13H14Cl3N3O4/c1-2-3-17-8(20)5-18-9(21)6-23-13(22)12-11(16)10(15)7(14)4-19-12/h4H,2-3,5-6H2,1H3,(H,17,20)(H,18,21). The highest BCUT2D eigenvalue weighted by Crippen LogP contribution is 2.31. The lowest BCUT2D eigenvalue weighted by Crippen LogP contribution is -2.39. The molecule has 7 nitrogen and oxygen atoms in total. The van der Waals surface area contributed by atoms with Gasteiger partial charge in [0, 0.05) is 12.7 Å². The van der Waals surface area contributed by atoms with Crippen LogP contribution in [0.4, 0.5) is 0 Å². The number of ether oxygens (including phenoxy) is 1. The van der Waals surface area contributed by atoms with Crippen LogP contribution in [0.25, 0.3) is 0 Å². The summed E-state index contributed by atoms with van der Waals surface area (Å²) < 4.78 is 4.75. The number of amides is 2. The molecule has 1 aromatic heterocycles. The number of esters is 1. The van der Waals surface area contributed by atoms with Crippen LogP contribution >= 0.6 is 34.8 Å². The van der Waals surface area contributed by atoms with Crippen molar-refractivity contribution in [3.05, 3.63) is 27.0 Å². The summed E-state index contributed by atoms with van der Waals surface area (Å²) in [5.74, 6) is -1.90. The Morgan fingerprint density at radius 3 is 2.48 bits per heavy atom. The number of hydrogen-bond donors (Lipinski definition) is 2. The van der Waals surface area contributed by atoms with Crippen molar-refractivity contribution in [2.75, 3.05) is 19.7 Å². The summed E-state index contributed by atoms with van der Waals surface area (Å²) in [5, 5.41) is 4.77. The number of rotatable bonds is 7. The third-order valence-electron chi connectivity index (χ3n) is 2.46. The van der Waals surface area contributed by atoms with Gasteiger partial charge < -0.3 is 15.4 Å². The highest BCUT2D eigenvalue weighted by Gasteiger charge is 2.19. The molecule has 1 aromatic rings. The Morgan fingerprint density at radius 2 is 1.83 bits per heavy atom. The molecule has 0 radical (unpaired) electrons. The molecule has 0 bridgehead atoms.